The van der Waals surface area contributed by atoms with Gasteiger partial charge in [0.05, 0.1) is 18.3 Å². The van der Waals surface area contributed by atoms with Crippen LogP contribution in [0.25, 0.3) is 0 Å². The zero-order chi connectivity index (χ0) is 11.0. The van der Waals surface area contributed by atoms with Crippen molar-refractivity contribution in [1.29, 1.82) is 0 Å². The third-order valence-corrected chi connectivity index (χ3v) is 4.91. The molecule has 80 valence electrons. The van der Waals surface area contributed by atoms with E-state index in [2.05, 4.69) is 47.8 Å². The van der Waals surface area contributed by atoms with Crippen molar-refractivity contribution in [2.24, 2.45) is 0 Å². The van der Waals surface area contributed by atoms with Gasteiger partial charge in [0.15, 0.2) is 5.76 Å². The second-order valence-corrected chi connectivity index (χ2v) is 7.42. The van der Waals surface area contributed by atoms with E-state index in [0.717, 1.165) is 17.6 Å². The summed E-state index contributed by atoms with van der Waals surface area (Å²) in [5.74, 6) is 0.515. The predicted molar refractivity (Wildman–Crippen MR) is 70.2 cm³/mol. The minimum absolute atomic E-state index is 0.515. The van der Waals surface area contributed by atoms with Crippen molar-refractivity contribution in [2.75, 3.05) is 0 Å². The molecule has 15 heavy (non-hydrogen) atoms. The largest absolute Gasteiger partial charge is 0.465 e. The number of thiophene rings is 1. The van der Waals surface area contributed by atoms with Crippen LogP contribution < -0.4 is 0 Å². The van der Waals surface area contributed by atoms with E-state index in [1.165, 1.54) is 17.6 Å². The molecule has 0 aliphatic rings. The first-order valence-electron chi connectivity index (χ1n) is 3.95. The van der Waals surface area contributed by atoms with Gasteiger partial charge in [-0.1, -0.05) is 0 Å². The Bertz CT molecular complexity index is 477. The first-order chi connectivity index (χ1) is 7.09. The second-order valence-electron chi connectivity index (χ2n) is 2.81. The lowest BCUT2D eigenvalue weighted by molar-refractivity contribution is 0.188. The molecule has 0 saturated carbocycles. The minimum Gasteiger partial charge on any atom is -0.465 e. The van der Waals surface area contributed by atoms with E-state index in [0.29, 0.717) is 5.76 Å². The van der Waals surface area contributed by atoms with Crippen LogP contribution in [0.5, 0.6) is 0 Å². The monoisotopic (exact) mass is 414 g/mol. The maximum atomic E-state index is 10.1. The van der Waals surface area contributed by atoms with Crippen LogP contribution in [0.3, 0.4) is 0 Å². The standard InChI is InChI=1S/C9H5Br3O2S/c10-5-1-2-14-8(5)7(13)4-3-6(11)15-9(4)12/h1-3,7,13H. The molecule has 1 unspecified atom stereocenters. The summed E-state index contributed by atoms with van der Waals surface area (Å²) < 4.78 is 7.84. The summed E-state index contributed by atoms with van der Waals surface area (Å²) in [6.45, 7) is 0. The van der Waals surface area contributed by atoms with Crippen LogP contribution in [-0.4, -0.2) is 5.11 Å². The van der Waals surface area contributed by atoms with Crippen molar-refractivity contribution in [3.63, 3.8) is 0 Å². The third kappa shape index (κ3) is 2.39. The highest BCUT2D eigenvalue weighted by Gasteiger charge is 2.21. The molecule has 1 N–H and O–H groups in total. The van der Waals surface area contributed by atoms with E-state index in [4.69, 9.17) is 4.42 Å². The lowest BCUT2D eigenvalue weighted by atomic mass is 10.1. The Balaban J connectivity index is 2.40. The highest BCUT2D eigenvalue weighted by molar-refractivity contribution is 9.12. The highest BCUT2D eigenvalue weighted by Crippen LogP contribution is 2.39. The molecule has 1 atom stereocenters. The maximum absolute atomic E-state index is 10.1. The van der Waals surface area contributed by atoms with Crippen LogP contribution in [0.2, 0.25) is 0 Å². The molecule has 0 bridgehead atoms. The van der Waals surface area contributed by atoms with E-state index in [1.54, 1.807) is 6.07 Å². The Labute approximate surface area is 116 Å². The van der Waals surface area contributed by atoms with Gasteiger partial charge >= 0.3 is 0 Å². The molecule has 0 spiro atoms. The van der Waals surface area contributed by atoms with Crippen molar-refractivity contribution < 1.29 is 9.52 Å². The van der Waals surface area contributed by atoms with Gasteiger partial charge in [0.2, 0.25) is 0 Å². The van der Waals surface area contributed by atoms with Crippen LogP contribution in [0.4, 0.5) is 0 Å². The Morgan fingerprint density at radius 3 is 2.53 bits per heavy atom. The summed E-state index contributed by atoms with van der Waals surface area (Å²) in [6, 6.07) is 3.63. The summed E-state index contributed by atoms with van der Waals surface area (Å²) in [4.78, 5) is 0. The average Bonchev–Trinajstić information content (AvgIpc) is 2.71. The van der Waals surface area contributed by atoms with Crippen molar-refractivity contribution in [3.8, 4) is 0 Å². The molecule has 2 aromatic rings. The Hall–Kier alpha value is 0.380. The van der Waals surface area contributed by atoms with Crippen LogP contribution in [0.1, 0.15) is 17.4 Å². The number of rotatable bonds is 2. The zero-order valence-corrected chi connectivity index (χ0v) is 12.8. The van der Waals surface area contributed by atoms with Crippen LogP contribution in [0, 0.1) is 0 Å². The summed E-state index contributed by atoms with van der Waals surface area (Å²) in [6.07, 6.45) is 0.782. The summed E-state index contributed by atoms with van der Waals surface area (Å²) >= 11 is 11.6. The van der Waals surface area contributed by atoms with Gasteiger partial charge in [-0.25, -0.2) is 0 Å². The molecule has 0 saturated heterocycles. The van der Waals surface area contributed by atoms with E-state index in [9.17, 15) is 5.11 Å². The number of aliphatic hydroxyl groups excluding tert-OH is 1. The quantitative estimate of drug-likeness (QED) is 0.769. The molecule has 0 fully saturated rings. The third-order valence-electron chi connectivity index (χ3n) is 1.87. The molecule has 0 aliphatic carbocycles. The molecule has 0 amide bonds. The summed E-state index contributed by atoms with van der Waals surface area (Å²) in [7, 11) is 0. The average molecular weight is 417 g/mol. The molecule has 2 rings (SSSR count). The fraction of sp³-hybridized carbons (Fsp3) is 0.111. The number of aliphatic hydroxyl groups is 1. The Morgan fingerprint density at radius 2 is 2.07 bits per heavy atom. The predicted octanol–water partition coefficient (Wildman–Crippen LogP) is 4.71. The van der Waals surface area contributed by atoms with Gasteiger partial charge in [-0.05, 0) is 59.9 Å². The van der Waals surface area contributed by atoms with Gasteiger partial charge in [0.1, 0.15) is 6.10 Å². The molecule has 0 aliphatic heterocycles. The van der Waals surface area contributed by atoms with Crippen LogP contribution in [0.15, 0.2) is 34.9 Å². The second kappa shape index (κ2) is 4.71. The van der Waals surface area contributed by atoms with Gasteiger partial charge in [0.25, 0.3) is 0 Å². The lowest BCUT2D eigenvalue weighted by Gasteiger charge is -2.06. The Morgan fingerprint density at radius 1 is 1.33 bits per heavy atom. The number of furan rings is 1. The topological polar surface area (TPSA) is 33.4 Å². The molecule has 2 aromatic heterocycles. The van der Waals surface area contributed by atoms with Gasteiger partial charge < -0.3 is 9.52 Å². The van der Waals surface area contributed by atoms with Gasteiger partial charge in [-0.3, -0.25) is 0 Å². The zero-order valence-electron chi connectivity index (χ0n) is 7.21. The maximum Gasteiger partial charge on any atom is 0.151 e. The molecule has 0 aromatic carbocycles. The normalized spacial score (nSPS) is 13.1. The van der Waals surface area contributed by atoms with Crippen molar-refractivity contribution in [1.82, 2.24) is 0 Å². The number of halogens is 3. The first kappa shape index (κ1) is 11.9. The minimum atomic E-state index is -0.758. The van der Waals surface area contributed by atoms with Crippen molar-refractivity contribution >= 4 is 59.1 Å². The highest BCUT2D eigenvalue weighted by atomic mass is 79.9. The fourth-order valence-electron chi connectivity index (χ4n) is 1.18. The summed E-state index contributed by atoms with van der Waals surface area (Å²) in [5, 5.41) is 10.1. The first-order valence-corrected chi connectivity index (χ1v) is 7.15. The van der Waals surface area contributed by atoms with E-state index >= 15 is 0 Å². The van der Waals surface area contributed by atoms with Crippen molar-refractivity contribution in [3.05, 3.63) is 41.8 Å². The van der Waals surface area contributed by atoms with E-state index < -0.39 is 6.10 Å². The van der Waals surface area contributed by atoms with E-state index in [1.807, 2.05) is 6.07 Å². The van der Waals surface area contributed by atoms with Crippen LogP contribution in [-0.2, 0) is 0 Å². The molecule has 2 nitrogen and oxygen atoms in total. The molecular weight excluding hydrogens is 412 g/mol. The summed E-state index contributed by atoms with van der Waals surface area (Å²) in [5.41, 5.74) is 0.794. The Kier molecular flexibility index (Phi) is 3.72. The molecule has 2 heterocycles. The molecular formula is C9H5Br3O2S. The smallest absolute Gasteiger partial charge is 0.151 e. The van der Waals surface area contributed by atoms with Gasteiger partial charge in [0, 0.05) is 5.56 Å². The number of hydrogen-bond donors (Lipinski definition) is 1. The van der Waals surface area contributed by atoms with E-state index in [-0.39, 0.29) is 0 Å². The number of hydrogen-bond acceptors (Lipinski definition) is 3. The van der Waals surface area contributed by atoms with Crippen molar-refractivity contribution in [2.45, 2.75) is 6.10 Å². The molecule has 0 radical (unpaired) electrons. The molecule has 6 heteroatoms. The SMILES string of the molecule is OC(c1cc(Br)sc1Br)c1occc1Br. The van der Waals surface area contributed by atoms with Gasteiger partial charge in [-0.2, -0.15) is 0 Å². The van der Waals surface area contributed by atoms with Gasteiger partial charge in [-0.15, -0.1) is 11.3 Å². The fourth-order valence-corrected chi connectivity index (χ4v) is 4.48. The lowest BCUT2D eigenvalue weighted by Crippen LogP contribution is -1.97. The van der Waals surface area contributed by atoms with Crippen LogP contribution >= 0.6 is 59.1 Å².